The fourth-order valence-electron chi connectivity index (χ4n) is 18.0. The van der Waals surface area contributed by atoms with Crippen LogP contribution in [0.2, 0.25) is 0 Å². The van der Waals surface area contributed by atoms with Crippen molar-refractivity contribution in [3.8, 4) is 67.3 Å². The van der Waals surface area contributed by atoms with Crippen LogP contribution >= 0.6 is 22.7 Å². The number of hydrogen-bond donors (Lipinski definition) is 0. The van der Waals surface area contributed by atoms with E-state index in [0.29, 0.717) is 0 Å². The first-order chi connectivity index (χ1) is 54.5. The summed E-state index contributed by atoms with van der Waals surface area (Å²) in [7, 11) is 0. The highest BCUT2D eigenvalue weighted by molar-refractivity contribution is 7.26. The van der Waals surface area contributed by atoms with Gasteiger partial charge in [0.25, 0.3) is 0 Å². The van der Waals surface area contributed by atoms with Crippen LogP contribution in [0.25, 0.3) is 216 Å². The number of benzene rings is 18. The number of nitrogens with zero attached hydrogens (tertiary/aromatic N) is 4. The summed E-state index contributed by atoms with van der Waals surface area (Å²) in [6.45, 7) is 0. The molecule has 0 aliphatic rings. The highest BCUT2D eigenvalue weighted by Crippen LogP contribution is 2.46. The highest BCUT2D eigenvalue weighted by atomic mass is 32.1. The smallest absolute Gasteiger partial charge is 0.0541 e. The normalized spacial score (nSPS) is 12.0. The van der Waals surface area contributed by atoms with Crippen LogP contribution in [0.4, 0.5) is 0 Å². The lowest BCUT2D eigenvalue weighted by Gasteiger charge is -2.12. The van der Waals surface area contributed by atoms with Gasteiger partial charge in [-0.1, -0.05) is 243 Å². The number of thiophene rings is 2. The predicted octanol–water partition coefficient (Wildman–Crippen LogP) is 29.5. The van der Waals surface area contributed by atoms with Crippen molar-refractivity contribution < 1.29 is 0 Å². The Kier molecular flexibility index (Phi) is 14.1. The quantitative estimate of drug-likeness (QED) is 0.144. The average molecular weight is 1430 g/mol. The SMILES string of the molecule is c1cc(-c2cccc3sc4ccccc4c23)cc(-n2c3ccccc3c3cc(-c4ccc5c(c4)c4ccccc4n5-c4ccc5ccccc5c4)ccc32)c1.c1ccc2cc(-n3c4ccccc4c4cc(-c5ccc6c(c5)c5ccccc5n6-c5ccc(-c6cccc7sc8ccccc8c67)cc5)ccc43)ccc2c1. The molecule has 0 saturated carbocycles. The Hall–Kier alpha value is -13.9. The molecule has 0 amide bonds. The van der Waals surface area contributed by atoms with Crippen molar-refractivity contribution in [3.63, 3.8) is 0 Å². The second-order valence-electron chi connectivity index (χ2n) is 29.1. The van der Waals surface area contributed by atoms with E-state index in [0.717, 1.165) is 11.4 Å². The Morgan fingerprint density at radius 1 is 0.155 bits per heavy atom. The number of rotatable bonds is 8. The van der Waals surface area contributed by atoms with Gasteiger partial charge in [0.1, 0.15) is 0 Å². The van der Waals surface area contributed by atoms with E-state index >= 15 is 0 Å². The Balaban J connectivity index is 0.000000132. The van der Waals surface area contributed by atoms with Crippen LogP contribution in [0, 0.1) is 0 Å². The van der Waals surface area contributed by atoms with E-state index in [-0.39, 0.29) is 0 Å². The zero-order valence-electron chi connectivity index (χ0n) is 59.6. The van der Waals surface area contributed by atoms with Gasteiger partial charge in [-0.3, -0.25) is 0 Å². The van der Waals surface area contributed by atoms with Gasteiger partial charge in [-0.05, 0) is 212 Å². The van der Waals surface area contributed by atoms with Crippen molar-refractivity contribution in [2.24, 2.45) is 0 Å². The van der Waals surface area contributed by atoms with E-state index in [4.69, 9.17) is 0 Å². The monoisotopic (exact) mass is 1430 g/mol. The summed E-state index contributed by atoms with van der Waals surface area (Å²) in [5, 5.41) is 20.4. The maximum absolute atomic E-state index is 2.43. The van der Waals surface area contributed by atoms with E-state index in [1.54, 1.807) is 0 Å². The van der Waals surface area contributed by atoms with E-state index in [2.05, 4.69) is 407 Å². The topological polar surface area (TPSA) is 19.7 Å². The van der Waals surface area contributed by atoms with Crippen LogP contribution in [0.3, 0.4) is 0 Å². The lowest BCUT2D eigenvalue weighted by molar-refractivity contribution is 1.18. The third kappa shape index (κ3) is 9.83. The molecule has 0 bridgehead atoms. The molecule has 0 aliphatic carbocycles. The van der Waals surface area contributed by atoms with Gasteiger partial charge in [-0.25, -0.2) is 0 Å². The summed E-state index contributed by atoms with van der Waals surface area (Å²) >= 11 is 3.74. The summed E-state index contributed by atoms with van der Waals surface area (Å²) in [4.78, 5) is 0. The van der Waals surface area contributed by atoms with Gasteiger partial charge in [0.15, 0.2) is 0 Å². The van der Waals surface area contributed by atoms with Crippen molar-refractivity contribution in [3.05, 3.63) is 388 Å². The summed E-state index contributed by atoms with van der Waals surface area (Å²) in [6.07, 6.45) is 0. The molecule has 0 fully saturated rings. The van der Waals surface area contributed by atoms with Crippen molar-refractivity contribution in [2.45, 2.75) is 0 Å². The Labute approximate surface area is 640 Å². The fourth-order valence-corrected chi connectivity index (χ4v) is 20.3. The molecule has 6 heteroatoms. The molecule has 110 heavy (non-hydrogen) atoms. The Bertz CT molecular complexity index is 7930. The summed E-state index contributed by atoms with van der Waals surface area (Å²) in [5.41, 5.74) is 24.2. The van der Waals surface area contributed by atoms with E-state index in [9.17, 15) is 0 Å². The third-order valence-corrected chi connectivity index (χ3v) is 25.3. The zero-order valence-corrected chi connectivity index (χ0v) is 61.2. The summed E-state index contributed by atoms with van der Waals surface area (Å²) in [6, 6.07) is 143. The lowest BCUT2D eigenvalue weighted by Crippen LogP contribution is -1.94. The fraction of sp³-hybridized carbons (Fsp3) is 0. The lowest BCUT2D eigenvalue weighted by atomic mass is 9.99. The molecule has 0 saturated heterocycles. The van der Waals surface area contributed by atoms with Crippen molar-refractivity contribution in [2.75, 3.05) is 0 Å². The summed E-state index contributed by atoms with van der Waals surface area (Å²) in [5.74, 6) is 0. The number of fused-ring (bicyclic) bond motifs is 20. The van der Waals surface area contributed by atoms with Gasteiger partial charge in [0.05, 0.1) is 44.1 Å². The molecular weight excluding hydrogens is 1370 g/mol. The van der Waals surface area contributed by atoms with Crippen molar-refractivity contribution in [1.82, 2.24) is 18.3 Å². The molecule has 4 nitrogen and oxygen atoms in total. The molecule has 0 radical (unpaired) electrons. The molecule has 0 N–H and O–H groups in total. The van der Waals surface area contributed by atoms with Crippen LogP contribution < -0.4 is 0 Å². The van der Waals surface area contributed by atoms with Crippen molar-refractivity contribution in [1.29, 1.82) is 0 Å². The number of hydrogen-bond acceptors (Lipinski definition) is 2. The van der Waals surface area contributed by atoms with Crippen LogP contribution in [0.1, 0.15) is 0 Å². The second kappa shape index (κ2) is 24.9. The molecule has 24 rings (SSSR count). The Morgan fingerprint density at radius 2 is 0.455 bits per heavy atom. The summed E-state index contributed by atoms with van der Waals surface area (Å²) < 4.78 is 15.0. The predicted molar refractivity (Wildman–Crippen MR) is 473 cm³/mol. The molecule has 0 spiro atoms. The van der Waals surface area contributed by atoms with Gasteiger partial charge in [-0.2, -0.15) is 0 Å². The van der Waals surface area contributed by atoms with Gasteiger partial charge in [0, 0.05) is 106 Å². The number of aromatic nitrogens is 4. The van der Waals surface area contributed by atoms with Gasteiger partial charge in [-0.15, -0.1) is 22.7 Å². The van der Waals surface area contributed by atoms with Gasteiger partial charge >= 0.3 is 0 Å². The van der Waals surface area contributed by atoms with E-state index in [1.807, 2.05) is 22.7 Å². The second-order valence-corrected chi connectivity index (χ2v) is 31.2. The van der Waals surface area contributed by atoms with Gasteiger partial charge < -0.3 is 18.3 Å². The average Bonchev–Trinajstić information content (AvgIpc) is 1.60. The molecule has 24 aromatic rings. The standard InChI is InChI=1S/2C52H32N2S/c1-2-12-34-29-39(26-23-33(34)11-1)54-47-20-7-4-16-42(47)45-32-36(25-28-49(45)54)35-24-27-48-44(31-35)41-15-3-6-19-46(41)53(48)38-14-9-13-37(30-38)40-18-10-22-51-52(40)43-17-5-8-21-50(43)55-51;1-2-11-35-30-39(27-20-33(35)10-1)54-47-17-7-4-13-42(47)45-32-37(24-29-49(45)54)36-23-28-48-44(31-36)41-12-3-6-16-46(41)53(48)38-25-21-34(22-26-38)40-15-9-19-51-52(40)43-14-5-8-18-50(43)55-51/h2*1-32H. The first-order valence-corrected chi connectivity index (χ1v) is 39.3. The Morgan fingerprint density at radius 3 is 0.873 bits per heavy atom. The molecule has 6 heterocycles. The zero-order chi connectivity index (χ0) is 72.1. The maximum atomic E-state index is 2.43. The number of para-hydroxylation sites is 4. The van der Waals surface area contributed by atoms with Crippen LogP contribution in [-0.2, 0) is 0 Å². The minimum absolute atomic E-state index is 1.16. The first-order valence-electron chi connectivity index (χ1n) is 37.7. The van der Waals surface area contributed by atoms with E-state index in [1.165, 1.54) is 205 Å². The largest absolute Gasteiger partial charge is 0.309 e. The molecule has 0 aliphatic heterocycles. The molecule has 0 unspecified atom stereocenters. The van der Waals surface area contributed by atoms with Crippen LogP contribution in [-0.4, -0.2) is 18.3 Å². The molecule has 18 aromatic carbocycles. The molecule has 6 aromatic heterocycles. The minimum Gasteiger partial charge on any atom is -0.309 e. The maximum Gasteiger partial charge on any atom is 0.0541 e. The molecule has 512 valence electrons. The van der Waals surface area contributed by atoms with E-state index < -0.39 is 0 Å². The molecule has 0 atom stereocenters. The minimum atomic E-state index is 1.16. The van der Waals surface area contributed by atoms with Gasteiger partial charge in [0.2, 0.25) is 0 Å². The van der Waals surface area contributed by atoms with Crippen molar-refractivity contribution >= 4 is 172 Å². The van der Waals surface area contributed by atoms with Crippen LogP contribution in [0.5, 0.6) is 0 Å². The molecular formula is C104H64N4S2. The van der Waals surface area contributed by atoms with Crippen LogP contribution in [0.15, 0.2) is 388 Å². The highest BCUT2D eigenvalue weighted by Gasteiger charge is 2.22. The third-order valence-electron chi connectivity index (χ3n) is 23.0. The first kappa shape index (κ1) is 62.3.